The molecule has 0 aromatic carbocycles. The summed E-state index contributed by atoms with van der Waals surface area (Å²) >= 11 is 0. The maximum absolute atomic E-state index is 11.4. The first-order chi connectivity index (χ1) is 8.04. The highest BCUT2D eigenvalue weighted by Crippen LogP contribution is 2.27. The standard InChI is InChI=1S/C9H12N2O6/c12-3-4-6(14)7(15)8(17-4)11-2-1-5(13)10-9(11)16/h1-2,4,6-8,12,14-15H,3H2,(H,10,13,16)/t4-,6+,7?,8-/m0/s1. The lowest BCUT2D eigenvalue weighted by Gasteiger charge is -2.16. The molecule has 4 atom stereocenters. The largest absolute Gasteiger partial charge is 0.394 e. The lowest BCUT2D eigenvalue weighted by molar-refractivity contribution is -0.0550. The smallest absolute Gasteiger partial charge is 0.330 e. The molecule has 1 fully saturated rings. The molecule has 0 bridgehead atoms. The quantitative estimate of drug-likeness (QED) is 0.444. The number of aromatic amines is 1. The molecule has 4 N–H and O–H groups in total. The molecule has 1 aliphatic heterocycles. The number of H-pyrrole nitrogens is 1. The van der Waals surface area contributed by atoms with Gasteiger partial charge in [0.15, 0.2) is 6.23 Å². The fourth-order valence-corrected chi connectivity index (χ4v) is 1.74. The highest BCUT2D eigenvalue weighted by molar-refractivity contribution is 4.92. The first-order valence-corrected chi connectivity index (χ1v) is 4.98. The molecule has 8 nitrogen and oxygen atoms in total. The summed E-state index contributed by atoms with van der Waals surface area (Å²) in [7, 11) is 0. The zero-order chi connectivity index (χ0) is 12.6. The van der Waals surface area contributed by atoms with Crippen molar-refractivity contribution in [3.05, 3.63) is 33.1 Å². The van der Waals surface area contributed by atoms with Gasteiger partial charge in [-0.25, -0.2) is 4.79 Å². The second-order valence-corrected chi connectivity index (χ2v) is 3.75. The van der Waals surface area contributed by atoms with E-state index in [4.69, 9.17) is 9.84 Å². The van der Waals surface area contributed by atoms with Crippen molar-refractivity contribution in [2.45, 2.75) is 24.5 Å². The van der Waals surface area contributed by atoms with Crippen LogP contribution in [0.2, 0.25) is 0 Å². The van der Waals surface area contributed by atoms with E-state index in [9.17, 15) is 19.8 Å². The van der Waals surface area contributed by atoms with Crippen LogP contribution in [0, 0.1) is 0 Å². The maximum Gasteiger partial charge on any atom is 0.330 e. The van der Waals surface area contributed by atoms with E-state index < -0.39 is 42.4 Å². The Hall–Kier alpha value is -1.48. The second kappa shape index (κ2) is 4.41. The normalized spacial score (nSPS) is 32.9. The number of nitrogens with zero attached hydrogens (tertiary/aromatic N) is 1. The molecule has 1 aromatic heterocycles. The van der Waals surface area contributed by atoms with E-state index in [1.54, 1.807) is 0 Å². The van der Waals surface area contributed by atoms with Gasteiger partial charge in [-0.15, -0.1) is 0 Å². The number of aliphatic hydroxyl groups excluding tert-OH is 3. The van der Waals surface area contributed by atoms with Gasteiger partial charge in [0, 0.05) is 12.3 Å². The van der Waals surface area contributed by atoms with Gasteiger partial charge >= 0.3 is 5.69 Å². The van der Waals surface area contributed by atoms with Crippen LogP contribution in [0.5, 0.6) is 0 Å². The van der Waals surface area contributed by atoms with E-state index in [1.165, 1.54) is 0 Å². The Morgan fingerprint density at radius 2 is 2.06 bits per heavy atom. The molecular weight excluding hydrogens is 232 g/mol. The molecule has 1 saturated heterocycles. The van der Waals surface area contributed by atoms with Crippen molar-refractivity contribution in [3.63, 3.8) is 0 Å². The minimum absolute atomic E-state index is 0.479. The monoisotopic (exact) mass is 244 g/mol. The van der Waals surface area contributed by atoms with Crippen LogP contribution in [-0.2, 0) is 4.74 Å². The van der Waals surface area contributed by atoms with E-state index in [0.717, 1.165) is 16.8 Å². The third-order valence-electron chi connectivity index (χ3n) is 2.64. The van der Waals surface area contributed by atoms with Gasteiger partial charge in [0.05, 0.1) is 6.61 Å². The van der Waals surface area contributed by atoms with Gasteiger partial charge in [-0.05, 0) is 0 Å². The minimum Gasteiger partial charge on any atom is -0.394 e. The summed E-state index contributed by atoms with van der Waals surface area (Å²) in [6.45, 7) is -0.479. The summed E-state index contributed by atoms with van der Waals surface area (Å²) in [6.07, 6.45) is -3.58. The number of ether oxygens (including phenoxy) is 1. The van der Waals surface area contributed by atoms with Gasteiger partial charge in [0.25, 0.3) is 5.56 Å². The molecule has 1 aromatic rings. The summed E-state index contributed by atoms with van der Waals surface area (Å²) < 4.78 is 6.08. The van der Waals surface area contributed by atoms with Crippen molar-refractivity contribution < 1.29 is 20.1 Å². The van der Waals surface area contributed by atoms with Crippen molar-refractivity contribution in [1.82, 2.24) is 9.55 Å². The summed E-state index contributed by atoms with van der Waals surface area (Å²) in [4.78, 5) is 24.3. The zero-order valence-electron chi connectivity index (χ0n) is 8.68. The van der Waals surface area contributed by atoms with Crippen molar-refractivity contribution in [2.75, 3.05) is 6.61 Å². The van der Waals surface area contributed by atoms with Crippen molar-refractivity contribution >= 4 is 0 Å². The second-order valence-electron chi connectivity index (χ2n) is 3.75. The fraction of sp³-hybridized carbons (Fsp3) is 0.556. The van der Waals surface area contributed by atoms with Crippen molar-refractivity contribution in [3.8, 4) is 0 Å². The minimum atomic E-state index is -1.35. The molecular formula is C9H12N2O6. The van der Waals surface area contributed by atoms with Crippen LogP contribution in [0.1, 0.15) is 6.23 Å². The first kappa shape index (κ1) is 12.0. The lowest BCUT2D eigenvalue weighted by Crippen LogP contribution is -2.37. The van der Waals surface area contributed by atoms with Crippen LogP contribution in [0.25, 0.3) is 0 Å². The Morgan fingerprint density at radius 3 is 2.59 bits per heavy atom. The summed E-state index contributed by atoms with van der Waals surface area (Å²) in [5.41, 5.74) is -1.33. The molecule has 0 aliphatic carbocycles. The van der Waals surface area contributed by atoms with Gasteiger partial charge < -0.3 is 20.1 Å². The molecule has 0 spiro atoms. The molecule has 2 rings (SSSR count). The maximum atomic E-state index is 11.4. The van der Waals surface area contributed by atoms with Crippen LogP contribution in [0.15, 0.2) is 21.9 Å². The lowest BCUT2D eigenvalue weighted by atomic mass is 10.1. The predicted octanol–water partition coefficient (Wildman–Crippen LogP) is -2.85. The SMILES string of the molecule is O=c1ccn([C@H]2O[C@@H](CO)[C@@H](O)C2O)c(=O)[nH]1. The molecule has 2 heterocycles. The Bertz CT molecular complexity index is 509. The fourth-order valence-electron chi connectivity index (χ4n) is 1.74. The average molecular weight is 244 g/mol. The topological polar surface area (TPSA) is 125 Å². The molecule has 17 heavy (non-hydrogen) atoms. The Morgan fingerprint density at radius 1 is 1.35 bits per heavy atom. The molecule has 1 unspecified atom stereocenters. The van der Waals surface area contributed by atoms with Crippen LogP contribution >= 0.6 is 0 Å². The van der Waals surface area contributed by atoms with Crippen LogP contribution in [0.3, 0.4) is 0 Å². The molecule has 94 valence electrons. The molecule has 8 heteroatoms. The summed E-state index contributed by atoms with van der Waals surface area (Å²) in [5, 5.41) is 28.1. The van der Waals surface area contributed by atoms with Gasteiger partial charge in [0.1, 0.15) is 18.3 Å². The number of nitrogens with one attached hydrogen (secondary N) is 1. The van der Waals surface area contributed by atoms with E-state index in [2.05, 4.69) is 0 Å². The number of aliphatic hydroxyl groups is 3. The molecule has 0 radical (unpaired) electrons. The number of rotatable bonds is 2. The van der Waals surface area contributed by atoms with Crippen LogP contribution in [0.4, 0.5) is 0 Å². The Kier molecular flexibility index (Phi) is 3.11. The highest BCUT2D eigenvalue weighted by atomic mass is 16.6. The molecule has 0 saturated carbocycles. The van der Waals surface area contributed by atoms with Crippen molar-refractivity contribution in [2.24, 2.45) is 0 Å². The van der Waals surface area contributed by atoms with Gasteiger partial charge in [-0.1, -0.05) is 0 Å². The average Bonchev–Trinajstić information content (AvgIpc) is 2.57. The first-order valence-electron chi connectivity index (χ1n) is 4.98. The Labute approximate surface area is 94.7 Å². The van der Waals surface area contributed by atoms with E-state index in [1.807, 2.05) is 4.98 Å². The third kappa shape index (κ3) is 2.03. The molecule has 1 aliphatic rings. The predicted molar refractivity (Wildman–Crippen MR) is 54.3 cm³/mol. The van der Waals surface area contributed by atoms with Gasteiger partial charge in [0.2, 0.25) is 0 Å². The highest BCUT2D eigenvalue weighted by Gasteiger charge is 2.43. The van der Waals surface area contributed by atoms with Crippen LogP contribution in [-0.4, -0.2) is 49.8 Å². The summed E-state index contributed by atoms with van der Waals surface area (Å²) in [5.74, 6) is 0. The zero-order valence-corrected chi connectivity index (χ0v) is 8.68. The van der Waals surface area contributed by atoms with Gasteiger partial charge in [-0.3, -0.25) is 14.3 Å². The van der Waals surface area contributed by atoms with Crippen molar-refractivity contribution in [1.29, 1.82) is 0 Å². The Balaban J connectivity index is 2.35. The van der Waals surface area contributed by atoms with Gasteiger partial charge in [-0.2, -0.15) is 0 Å². The molecule has 0 amide bonds. The number of hydrogen-bond acceptors (Lipinski definition) is 6. The van der Waals surface area contributed by atoms with E-state index in [0.29, 0.717) is 0 Å². The number of aromatic nitrogens is 2. The number of hydrogen-bond donors (Lipinski definition) is 4. The van der Waals surface area contributed by atoms with E-state index >= 15 is 0 Å². The summed E-state index contributed by atoms with van der Waals surface area (Å²) in [6, 6.07) is 1.09. The third-order valence-corrected chi connectivity index (χ3v) is 2.64. The van der Waals surface area contributed by atoms with Crippen LogP contribution < -0.4 is 11.2 Å². The van der Waals surface area contributed by atoms with E-state index in [-0.39, 0.29) is 0 Å².